The van der Waals surface area contributed by atoms with Crippen LogP contribution in [0, 0.1) is 11.3 Å². The van der Waals surface area contributed by atoms with Crippen LogP contribution < -0.4 is 5.32 Å². The van der Waals surface area contributed by atoms with Gasteiger partial charge < -0.3 is 14.8 Å². The van der Waals surface area contributed by atoms with Gasteiger partial charge in [0.2, 0.25) is 0 Å². The number of nitriles is 1. The van der Waals surface area contributed by atoms with Crippen LogP contribution in [0.2, 0.25) is 0 Å². The molecule has 1 atom stereocenters. The number of nitrogens with one attached hydrogen (secondary N) is 1. The minimum atomic E-state index is -0.0445. The molecule has 0 unspecified atom stereocenters. The molecule has 2 aromatic rings. The number of aryl methyl sites for hydroxylation is 1. The van der Waals surface area contributed by atoms with Gasteiger partial charge in [-0.1, -0.05) is 0 Å². The summed E-state index contributed by atoms with van der Waals surface area (Å²) in [6, 6.07) is 6.32. The van der Waals surface area contributed by atoms with Crippen LogP contribution in [0.3, 0.4) is 0 Å². The molecule has 3 rings (SSSR count). The molecule has 1 aliphatic rings. The maximum Gasteiger partial charge on any atom is 0.116 e. The van der Waals surface area contributed by atoms with Crippen LogP contribution in [-0.2, 0) is 6.54 Å². The fraction of sp³-hybridized carbons (Fsp3) is 0.450. The quantitative estimate of drug-likeness (QED) is 0.830. The zero-order chi connectivity index (χ0) is 18.4. The van der Waals surface area contributed by atoms with Gasteiger partial charge in [-0.3, -0.25) is 4.98 Å². The van der Waals surface area contributed by atoms with Gasteiger partial charge in [0.15, 0.2) is 0 Å². The fourth-order valence-electron chi connectivity index (χ4n) is 3.09. The van der Waals surface area contributed by atoms with Crippen molar-refractivity contribution in [2.45, 2.75) is 51.2 Å². The SMILES string of the molecule is CC(C)(CCn1cnc(-c2cccnc2)c1)NC=CN1CCC[C@H]1C#N. The fourth-order valence-corrected chi connectivity index (χ4v) is 3.09. The van der Waals surface area contributed by atoms with E-state index in [2.05, 4.69) is 50.9 Å². The molecule has 6 nitrogen and oxygen atoms in total. The van der Waals surface area contributed by atoms with E-state index < -0.39 is 0 Å². The molecule has 0 aliphatic carbocycles. The average Bonchev–Trinajstić information content (AvgIpc) is 3.30. The van der Waals surface area contributed by atoms with Gasteiger partial charge in [0, 0.05) is 55.2 Å². The number of imidazole rings is 1. The topological polar surface area (TPSA) is 69.8 Å². The Kier molecular flexibility index (Phi) is 5.57. The second-order valence-electron chi connectivity index (χ2n) is 7.36. The highest BCUT2D eigenvalue weighted by molar-refractivity contribution is 5.56. The predicted octanol–water partition coefficient (Wildman–Crippen LogP) is 3.16. The number of aromatic nitrogens is 3. The highest BCUT2D eigenvalue weighted by Gasteiger charge is 2.21. The van der Waals surface area contributed by atoms with Crippen LogP contribution in [0.15, 0.2) is 49.5 Å². The minimum Gasteiger partial charge on any atom is -0.385 e. The molecule has 1 N–H and O–H groups in total. The Hall–Kier alpha value is -2.81. The summed E-state index contributed by atoms with van der Waals surface area (Å²) in [4.78, 5) is 10.7. The van der Waals surface area contributed by atoms with Crippen LogP contribution in [0.4, 0.5) is 0 Å². The molecule has 0 spiro atoms. The van der Waals surface area contributed by atoms with E-state index in [0.29, 0.717) is 0 Å². The van der Waals surface area contributed by atoms with Gasteiger partial charge in [0.25, 0.3) is 0 Å². The second-order valence-corrected chi connectivity index (χ2v) is 7.36. The Morgan fingerprint density at radius 3 is 3.12 bits per heavy atom. The van der Waals surface area contributed by atoms with Crippen molar-refractivity contribution in [1.82, 2.24) is 24.8 Å². The molecule has 6 heteroatoms. The highest BCUT2D eigenvalue weighted by atomic mass is 15.2. The standard InChI is InChI=1S/C20H26N6/c1-20(2,24-9-12-26-10-4-6-18(26)13-21)7-11-25-15-19(23-16-25)17-5-3-8-22-14-17/h3,5,8-9,12,14-16,18,24H,4,6-7,10-11H2,1-2H3/t18-/m0/s1. The zero-order valence-electron chi connectivity index (χ0n) is 15.5. The molecule has 2 aromatic heterocycles. The van der Waals surface area contributed by atoms with E-state index in [0.717, 1.165) is 43.6 Å². The molecule has 1 aliphatic heterocycles. The Balaban J connectivity index is 1.50. The lowest BCUT2D eigenvalue weighted by Crippen LogP contribution is -2.37. The second kappa shape index (κ2) is 8.05. The van der Waals surface area contributed by atoms with Crippen LogP contribution in [0.25, 0.3) is 11.3 Å². The van der Waals surface area contributed by atoms with E-state index in [4.69, 9.17) is 5.26 Å². The van der Waals surface area contributed by atoms with E-state index in [1.54, 1.807) is 6.20 Å². The zero-order valence-corrected chi connectivity index (χ0v) is 15.5. The minimum absolute atomic E-state index is 0.0213. The van der Waals surface area contributed by atoms with Crippen molar-refractivity contribution in [2.75, 3.05) is 6.54 Å². The molecular formula is C20H26N6. The third-order valence-electron chi connectivity index (χ3n) is 4.77. The normalized spacial score (nSPS) is 17.6. The molecule has 136 valence electrons. The summed E-state index contributed by atoms with van der Waals surface area (Å²) in [5.74, 6) is 0. The number of nitrogens with zero attached hydrogens (tertiary/aromatic N) is 5. The largest absolute Gasteiger partial charge is 0.385 e. The summed E-state index contributed by atoms with van der Waals surface area (Å²) >= 11 is 0. The number of likely N-dealkylation sites (tertiary alicyclic amines) is 1. The van der Waals surface area contributed by atoms with Crippen LogP contribution in [0.1, 0.15) is 33.1 Å². The molecule has 1 saturated heterocycles. The smallest absolute Gasteiger partial charge is 0.116 e. The lowest BCUT2D eigenvalue weighted by atomic mass is 10.0. The first-order chi connectivity index (χ1) is 12.6. The van der Waals surface area contributed by atoms with E-state index in [1.807, 2.05) is 37.1 Å². The highest BCUT2D eigenvalue weighted by Crippen LogP contribution is 2.18. The summed E-state index contributed by atoms with van der Waals surface area (Å²) in [7, 11) is 0. The Labute approximate surface area is 155 Å². The Bertz CT molecular complexity index is 771. The van der Waals surface area contributed by atoms with Gasteiger partial charge >= 0.3 is 0 Å². The van der Waals surface area contributed by atoms with Crippen LogP contribution in [0.5, 0.6) is 0 Å². The van der Waals surface area contributed by atoms with Crippen molar-refractivity contribution < 1.29 is 0 Å². The molecule has 3 heterocycles. The van der Waals surface area contributed by atoms with Gasteiger partial charge in [0.1, 0.15) is 6.04 Å². The van der Waals surface area contributed by atoms with Crippen LogP contribution >= 0.6 is 0 Å². The summed E-state index contributed by atoms with van der Waals surface area (Å²) < 4.78 is 2.11. The first-order valence-corrected chi connectivity index (χ1v) is 9.09. The van der Waals surface area contributed by atoms with Crippen molar-refractivity contribution in [3.05, 3.63) is 49.5 Å². The lowest BCUT2D eigenvalue weighted by molar-refractivity contribution is 0.369. The van der Waals surface area contributed by atoms with Gasteiger partial charge in [-0.05, 0) is 45.2 Å². The summed E-state index contributed by atoms with van der Waals surface area (Å²) in [5, 5.41) is 12.6. The number of rotatable bonds is 7. The third-order valence-corrected chi connectivity index (χ3v) is 4.77. The number of pyridine rings is 1. The summed E-state index contributed by atoms with van der Waals surface area (Å²) in [6.45, 7) is 6.21. The van der Waals surface area contributed by atoms with E-state index in [9.17, 15) is 0 Å². The van der Waals surface area contributed by atoms with E-state index in [-0.39, 0.29) is 11.6 Å². The van der Waals surface area contributed by atoms with Crippen molar-refractivity contribution in [3.8, 4) is 17.3 Å². The Morgan fingerprint density at radius 1 is 1.46 bits per heavy atom. The van der Waals surface area contributed by atoms with Gasteiger partial charge in [-0.25, -0.2) is 4.98 Å². The van der Waals surface area contributed by atoms with Gasteiger partial charge in [-0.2, -0.15) is 5.26 Å². The number of hydrogen-bond donors (Lipinski definition) is 1. The van der Waals surface area contributed by atoms with Gasteiger partial charge in [0.05, 0.1) is 18.1 Å². The van der Waals surface area contributed by atoms with Crippen molar-refractivity contribution in [2.24, 2.45) is 0 Å². The molecule has 0 saturated carbocycles. The van der Waals surface area contributed by atoms with Crippen LogP contribution in [-0.4, -0.2) is 37.6 Å². The maximum absolute atomic E-state index is 9.13. The summed E-state index contributed by atoms with van der Waals surface area (Å²) in [5.41, 5.74) is 1.93. The molecule has 0 bridgehead atoms. The van der Waals surface area contributed by atoms with E-state index in [1.165, 1.54) is 0 Å². The first kappa shape index (κ1) is 18.0. The Morgan fingerprint density at radius 2 is 2.35 bits per heavy atom. The summed E-state index contributed by atoms with van der Waals surface area (Å²) in [6.07, 6.45) is 14.5. The molecule has 26 heavy (non-hydrogen) atoms. The number of hydrogen-bond acceptors (Lipinski definition) is 5. The lowest BCUT2D eigenvalue weighted by Gasteiger charge is -2.26. The van der Waals surface area contributed by atoms with Gasteiger partial charge in [-0.15, -0.1) is 0 Å². The maximum atomic E-state index is 9.13. The third kappa shape index (κ3) is 4.63. The predicted molar refractivity (Wildman–Crippen MR) is 102 cm³/mol. The average molecular weight is 350 g/mol. The first-order valence-electron chi connectivity index (χ1n) is 9.09. The van der Waals surface area contributed by atoms with E-state index >= 15 is 0 Å². The molecule has 0 radical (unpaired) electrons. The molecule has 0 aromatic carbocycles. The molecule has 1 fully saturated rings. The monoisotopic (exact) mass is 350 g/mol. The molecular weight excluding hydrogens is 324 g/mol. The van der Waals surface area contributed by atoms with Crippen molar-refractivity contribution in [3.63, 3.8) is 0 Å². The van der Waals surface area contributed by atoms with Crippen molar-refractivity contribution >= 4 is 0 Å². The van der Waals surface area contributed by atoms with Crippen molar-refractivity contribution in [1.29, 1.82) is 5.26 Å². The molecule has 0 amide bonds.